The zero-order chi connectivity index (χ0) is 16.1. The van der Waals surface area contributed by atoms with E-state index in [1.807, 2.05) is 12.1 Å². The summed E-state index contributed by atoms with van der Waals surface area (Å²) in [5.41, 5.74) is 1.27. The Morgan fingerprint density at radius 2 is 1.95 bits per heavy atom. The summed E-state index contributed by atoms with van der Waals surface area (Å²) in [6, 6.07) is 12.5. The number of methoxy groups -OCH3 is 1. The molecule has 0 radical (unpaired) electrons. The Morgan fingerprint density at radius 3 is 2.59 bits per heavy atom. The Labute approximate surface area is 150 Å². The average molecular weight is 444 g/mol. The number of nitrogens with one attached hydrogen (secondary N) is 2. The Balaban J connectivity index is 2.01. The predicted molar refractivity (Wildman–Crippen MR) is 98.5 cm³/mol. The predicted octanol–water partition coefficient (Wildman–Crippen LogP) is 4.35. The first-order valence-corrected chi connectivity index (χ1v) is 8.20. The summed E-state index contributed by atoms with van der Waals surface area (Å²) in [6.45, 7) is 0. The lowest BCUT2D eigenvalue weighted by Crippen LogP contribution is -2.34. The average Bonchev–Trinajstić information content (AvgIpc) is 2.47. The second-order valence-electron chi connectivity index (χ2n) is 4.27. The first kappa shape index (κ1) is 16.9. The molecular weight excluding hydrogens is 432 g/mol. The van der Waals surface area contributed by atoms with Crippen LogP contribution in [0.15, 0.2) is 51.4 Å². The van der Waals surface area contributed by atoms with Crippen LogP contribution in [0.5, 0.6) is 5.75 Å². The van der Waals surface area contributed by atoms with E-state index in [0.29, 0.717) is 5.56 Å². The number of thiocarbonyl (C=S) groups is 1. The number of hydrogen-bond acceptors (Lipinski definition) is 3. The number of ether oxygens (including phenoxy) is 1. The van der Waals surface area contributed by atoms with Gasteiger partial charge in [0.05, 0.1) is 11.6 Å². The molecule has 0 aromatic heterocycles. The number of carbonyl (C=O) groups excluding carboxylic acids is 1. The van der Waals surface area contributed by atoms with Gasteiger partial charge in [0, 0.05) is 15.7 Å². The Hall–Kier alpha value is -1.44. The molecule has 2 aromatic carbocycles. The van der Waals surface area contributed by atoms with Crippen molar-refractivity contribution in [3.05, 3.63) is 57.0 Å². The quantitative estimate of drug-likeness (QED) is 0.692. The number of halogens is 2. The van der Waals surface area contributed by atoms with Crippen molar-refractivity contribution >= 4 is 60.8 Å². The highest BCUT2D eigenvalue weighted by molar-refractivity contribution is 9.10. The van der Waals surface area contributed by atoms with E-state index in [4.69, 9.17) is 17.0 Å². The second-order valence-corrected chi connectivity index (χ2v) is 6.45. The van der Waals surface area contributed by atoms with Crippen molar-refractivity contribution < 1.29 is 9.53 Å². The molecule has 0 unspecified atom stereocenters. The van der Waals surface area contributed by atoms with E-state index in [1.165, 1.54) is 0 Å². The smallest absolute Gasteiger partial charge is 0.257 e. The number of amides is 1. The van der Waals surface area contributed by atoms with Gasteiger partial charge in [-0.15, -0.1) is 0 Å². The zero-order valence-electron chi connectivity index (χ0n) is 11.5. The van der Waals surface area contributed by atoms with Crippen LogP contribution < -0.4 is 15.4 Å². The molecule has 7 heteroatoms. The minimum atomic E-state index is -0.272. The summed E-state index contributed by atoms with van der Waals surface area (Å²) in [4.78, 5) is 12.1. The number of carbonyl (C=O) groups is 1. The van der Waals surface area contributed by atoms with Crippen LogP contribution in [0.2, 0.25) is 0 Å². The van der Waals surface area contributed by atoms with Gasteiger partial charge in [0.15, 0.2) is 5.11 Å². The maximum atomic E-state index is 12.1. The summed E-state index contributed by atoms with van der Waals surface area (Å²) in [5.74, 6) is 0.445. The van der Waals surface area contributed by atoms with Crippen molar-refractivity contribution in [1.82, 2.24) is 5.32 Å². The normalized spacial score (nSPS) is 9.95. The fourth-order valence-electron chi connectivity index (χ4n) is 1.71. The molecule has 2 N–H and O–H groups in total. The number of rotatable bonds is 3. The van der Waals surface area contributed by atoms with Gasteiger partial charge in [-0.1, -0.05) is 22.0 Å². The molecule has 4 nitrogen and oxygen atoms in total. The lowest BCUT2D eigenvalue weighted by atomic mass is 10.2. The van der Waals surface area contributed by atoms with Crippen molar-refractivity contribution in [1.29, 1.82) is 0 Å². The standard InChI is InChI=1S/C15H12Br2N2O2S/c1-21-13-6-5-11(8-12(13)17)18-15(22)19-14(20)9-3-2-4-10(16)7-9/h2-8H,1H3,(H2,18,19,20,22). The first-order valence-electron chi connectivity index (χ1n) is 6.21. The number of hydrogen-bond donors (Lipinski definition) is 2. The highest BCUT2D eigenvalue weighted by Crippen LogP contribution is 2.27. The fraction of sp³-hybridized carbons (Fsp3) is 0.0667. The summed E-state index contributed by atoms with van der Waals surface area (Å²) >= 11 is 11.9. The van der Waals surface area contributed by atoms with Gasteiger partial charge in [0.1, 0.15) is 5.75 Å². The minimum absolute atomic E-state index is 0.224. The summed E-state index contributed by atoms with van der Waals surface area (Å²) in [7, 11) is 1.59. The van der Waals surface area contributed by atoms with E-state index < -0.39 is 0 Å². The lowest BCUT2D eigenvalue weighted by molar-refractivity contribution is 0.0977. The third-order valence-electron chi connectivity index (χ3n) is 2.72. The van der Waals surface area contributed by atoms with Crippen LogP contribution in [0.4, 0.5) is 5.69 Å². The van der Waals surface area contributed by atoms with Gasteiger partial charge in [-0.05, 0) is 64.5 Å². The highest BCUT2D eigenvalue weighted by atomic mass is 79.9. The molecule has 0 aliphatic rings. The highest BCUT2D eigenvalue weighted by Gasteiger charge is 2.09. The van der Waals surface area contributed by atoms with Crippen LogP contribution >= 0.6 is 44.1 Å². The van der Waals surface area contributed by atoms with Gasteiger partial charge >= 0.3 is 0 Å². The first-order chi connectivity index (χ1) is 10.5. The van der Waals surface area contributed by atoms with Crippen LogP contribution in [0, 0.1) is 0 Å². The maximum Gasteiger partial charge on any atom is 0.257 e. The van der Waals surface area contributed by atoms with Gasteiger partial charge in [0.25, 0.3) is 5.91 Å². The zero-order valence-corrected chi connectivity index (χ0v) is 15.5. The molecule has 0 saturated carbocycles. The summed E-state index contributed by atoms with van der Waals surface area (Å²) in [5, 5.41) is 5.81. The van der Waals surface area contributed by atoms with Crippen LogP contribution in [-0.2, 0) is 0 Å². The molecular formula is C15H12Br2N2O2S. The molecule has 0 atom stereocenters. The van der Waals surface area contributed by atoms with Crippen LogP contribution in [0.25, 0.3) is 0 Å². The fourth-order valence-corrected chi connectivity index (χ4v) is 2.86. The van der Waals surface area contributed by atoms with Crippen LogP contribution in [0.1, 0.15) is 10.4 Å². The molecule has 0 aliphatic heterocycles. The topological polar surface area (TPSA) is 50.4 Å². The Bertz CT molecular complexity index is 722. The van der Waals surface area contributed by atoms with E-state index in [-0.39, 0.29) is 11.0 Å². The third-order valence-corrected chi connectivity index (χ3v) is 4.04. The van der Waals surface area contributed by atoms with E-state index in [0.717, 1.165) is 20.4 Å². The maximum absolute atomic E-state index is 12.1. The van der Waals surface area contributed by atoms with Crippen molar-refractivity contribution in [3.8, 4) is 5.75 Å². The van der Waals surface area contributed by atoms with E-state index in [9.17, 15) is 4.79 Å². The van der Waals surface area contributed by atoms with Crippen molar-refractivity contribution in [3.63, 3.8) is 0 Å². The number of benzene rings is 2. The van der Waals surface area contributed by atoms with Gasteiger partial charge in [-0.25, -0.2) is 0 Å². The largest absolute Gasteiger partial charge is 0.496 e. The van der Waals surface area contributed by atoms with Crippen molar-refractivity contribution in [2.75, 3.05) is 12.4 Å². The molecule has 0 aliphatic carbocycles. The molecule has 114 valence electrons. The molecule has 0 fully saturated rings. The van der Waals surface area contributed by atoms with Gasteiger partial charge in [-0.2, -0.15) is 0 Å². The summed E-state index contributed by atoms with van der Waals surface area (Å²) in [6.07, 6.45) is 0. The van der Waals surface area contributed by atoms with Gasteiger partial charge in [-0.3, -0.25) is 10.1 Å². The van der Waals surface area contributed by atoms with Gasteiger partial charge in [0.2, 0.25) is 0 Å². The van der Waals surface area contributed by atoms with E-state index >= 15 is 0 Å². The van der Waals surface area contributed by atoms with Crippen LogP contribution in [-0.4, -0.2) is 18.1 Å². The molecule has 1 amide bonds. The molecule has 0 bridgehead atoms. The molecule has 2 rings (SSSR count). The van der Waals surface area contributed by atoms with Crippen molar-refractivity contribution in [2.45, 2.75) is 0 Å². The van der Waals surface area contributed by atoms with E-state index in [1.54, 1.807) is 37.4 Å². The lowest BCUT2D eigenvalue weighted by Gasteiger charge is -2.11. The number of anilines is 1. The second kappa shape index (κ2) is 7.71. The molecule has 22 heavy (non-hydrogen) atoms. The van der Waals surface area contributed by atoms with Crippen LogP contribution in [0.3, 0.4) is 0 Å². The minimum Gasteiger partial charge on any atom is -0.496 e. The van der Waals surface area contributed by atoms with Gasteiger partial charge < -0.3 is 10.1 Å². The third kappa shape index (κ3) is 4.53. The molecule has 0 heterocycles. The van der Waals surface area contributed by atoms with E-state index in [2.05, 4.69) is 42.5 Å². The Morgan fingerprint density at radius 1 is 1.18 bits per heavy atom. The monoisotopic (exact) mass is 442 g/mol. The molecule has 0 saturated heterocycles. The molecule has 0 spiro atoms. The SMILES string of the molecule is COc1ccc(NC(=S)NC(=O)c2cccc(Br)c2)cc1Br. The molecule has 2 aromatic rings. The summed E-state index contributed by atoms with van der Waals surface area (Å²) < 4.78 is 6.78. The van der Waals surface area contributed by atoms with Crippen molar-refractivity contribution in [2.24, 2.45) is 0 Å². The Kier molecular flexibility index (Phi) is 5.93.